The summed E-state index contributed by atoms with van der Waals surface area (Å²) in [5.41, 5.74) is -0.0530. The summed E-state index contributed by atoms with van der Waals surface area (Å²) in [6.45, 7) is 0. The fraction of sp³-hybridized carbons (Fsp3) is 0.462. The topological polar surface area (TPSA) is 78.7 Å². The van der Waals surface area contributed by atoms with E-state index in [1.165, 1.54) is 25.3 Å². The number of hydrogen-bond acceptors (Lipinski definition) is 5. The predicted octanol–water partition coefficient (Wildman–Crippen LogP) is 2.70. The van der Waals surface area contributed by atoms with Crippen molar-refractivity contribution in [2.45, 2.75) is 31.8 Å². The molecule has 1 fully saturated rings. The minimum atomic E-state index is -0.601. The molecule has 0 amide bonds. The van der Waals surface area contributed by atoms with Gasteiger partial charge in [0.1, 0.15) is 0 Å². The van der Waals surface area contributed by atoms with E-state index >= 15 is 0 Å². The number of esters is 1. The van der Waals surface area contributed by atoms with Crippen molar-refractivity contribution in [3.05, 3.63) is 33.9 Å². The molecule has 6 heteroatoms. The van der Waals surface area contributed by atoms with Crippen LogP contribution in [-0.4, -0.2) is 24.1 Å². The van der Waals surface area contributed by atoms with Crippen molar-refractivity contribution in [2.24, 2.45) is 0 Å². The molecule has 0 radical (unpaired) electrons. The molecule has 0 saturated heterocycles. The Kier molecular flexibility index (Phi) is 3.99. The number of rotatable bonds is 4. The zero-order chi connectivity index (χ0) is 13.8. The number of nitrogens with zero attached hydrogens (tertiary/aromatic N) is 1. The molecule has 102 valence electrons. The third-order valence-corrected chi connectivity index (χ3v) is 3.17. The van der Waals surface area contributed by atoms with Crippen LogP contribution in [0.1, 0.15) is 36.0 Å². The number of nitro groups is 1. The second-order valence-corrected chi connectivity index (χ2v) is 4.46. The molecule has 19 heavy (non-hydrogen) atoms. The van der Waals surface area contributed by atoms with Crippen molar-refractivity contribution >= 4 is 11.7 Å². The normalized spacial score (nSPS) is 15.2. The lowest BCUT2D eigenvalue weighted by Crippen LogP contribution is -2.12. The molecule has 0 heterocycles. The van der Waals surface area contributed by atoms with Gasteiger partial charge in [0.25, 0.3) is 0 Å². The van der Waals surface area contributed by atoms with Crippen molar-refractivity contribution < 1.29 is 19.2 Å². The number of carbonyl (C=O) groups is 1. The van der Waals surface area contributed by atoms with Crippen LogP contribution in [0.3, 0.4) is 0 Å². The molecule has 0 spiro atoms. The van der Waals surface area contributed by atoms with Crippen molar-refractivity contribution in [1.29, 1.82) is 0 Å². The molecule has 1 aromatic rings. The highest BCUT2D eigenvalue weighted by atomic mass is 16.6. The molecular formula is C13H15NO5. The lowest BCUT2D eigenvalue weighted by molar-refractivity contribution is -0.386. The Bertz CT molecular complexity index is 494. The minimum Gasteiger partial charge on any atom is -0.484 e. The SMILES string of the molecule is COC(=O)c1ccc(OC2CCCC2)c([N+](=O)[O-])c1. The van der Waals surface area contributed by atoms with Gasteiger partial charge in [-0.15, -0.1) is 0 Å². The quantitative estimate of drug-likeness (QED) is 0.475. The van der Waals surface area contributed by atoms with Gasteiger partial charge in [-0.2, -0.15) is 0 Å². The molecule has 0 bridgehead atoms. The van der Waals surface area contributed by atoms with E-state index in [1.807, 2.05) is 0 Å². The van der Waals surface area contributed by atoms with E-state index in [2.05, 4.69) is 4.74 Å². The van der Waals surface area contributed by atoms with Gasteiger partial charge in [-0.25, -0.2) is 4.79 Å². The molecule has 0 N–H and O–H groups in total. The average molecular weight is 265 g/mol. The molecule has 0 aromatic heterocycles. The number of hydrogen-bond donors (Lipinski definition) is 0. The fourth-order valence-electron chi connectivity index (χ4n) is 2.19. The monoisotopic (exact) mass is 265 g/mol. The summed E-state index contributed by atoms with van der Waals surface area (Å²) < 4.78 is 10.2. The van der Waals surface area contributed by atoms with Crippen molar-refractivity contribution in [3.8, 4) is 5.75 Å². The van der Waals surface area contributed by atoms with E-state index < -0.39 is 10.9 Å². The van der Waals surface area contributed by atoms with Crippen LogP contribution in [-0.2, 0) is 4.74 Å². The molecule has 0 unspecified atom stereocenters. The van der Waals surface area contributed by atoms with Gasteiger partial charge in [0, 0.05) is 6.07 Å². The lowest BCUT2D eigenvalue weighted by Gasteiger charge is -2.13. The molecule has 1 saturated carbocycles. The highest BCUT2D eigenvalue weighted by Crippen LogP contribution is 2.32. The zero-order valence-electron chi connectivity index (χ0n) is 10.6. The molecule has 1 aliphatic rings. The van der Waals surface area contributed by atoms with Gasteiger partial charge in [0.05, 0.1) is 23.7 Å². The maximum absolute atomic E-state index is 11.4. The van der Waals surface area contributed by atoms with E-state index in [0.29, 0.717) is 0 Å². The van der Waals surface area contributed by atoms with Gasteiger partial charge >= 0.3 is 11.7 Å². The van der Waals surface area contributed by atoms with Crippen LogP contribution < -0.4 is 4.74 Å². The number of nitro benzene ring substituents is 1. The Morgan fingerprint density at radius 3 is 2.63 bits per heavy atom. The summed E-state index contributed by atoms with van der Waals surface area (Å²) in [7, 11) is 1.23. The maximum Gasteiger partial charge on any atom is 0.338 e. The first kappa shape index (κ1) is 13.3. The third kappa shape index (κ3) is 3.01. The Balaban J connectivity index is 2.26. The first-order chi connectivity index (χ1) is 9.11. The number of methoxy groups -OCH3 is 1. The first-order valence-corrected chi connectivity index (χ1v) is 6.15. The molecule has 6 nitrogen and oxygen atoms in total. The highest BCUT2D eigenvalue weighted by Gasteiger charge is 2.23. The summed E-state index contributed by atoms with van der Waals surface area (Å²) in [6, 6.07) is 4.13. The Morgan fingerprint density at radius 1 is 1.37 bits per heavy atom. The second kappa shape index (κ2) is 5.69. The third-order valence-electron chi connectivity index (χ3n) is 3.17. The Labute approximate surface area is 110 Å². The summed E-state index contributed by atoms with van der Waals surface area (Å²) in [6.07, 6.45) is 4.02. The standard InChI is InChI=1S/C13H15NO5/c1-18-13(15)9-6-7-12(11(8-9)14(16)17)19-10-4-2-3-5-10/h6-8,10H,2-5H2,1H3. The zero-order valence-corrected chi connectivity index (χ0v) is 10.6. The van der Waals surface area contributed by atoms with Crippen LogP contribution in [0.2, 0.25) is 0 Å². The van der Waals surface area contributed by atoms with E-state index in [-0.39, 0.29) is 23.1 Å². The van der Waals surface area contributed by atoms with Crippen molar-refractivity contribution in [1.82, 2.24) is 0 Å². The molecule has 1 aromatic carbocycles. The predicted molar refractivity (Wildman–Crippen MR) is 67.3 cm³/mol. The van der Waals surface area contributed by atoms with Crippen LogP contribution in [0.4, 0.5) is 5.69 Å². The molecule has 0 aliphatic heterocycles. The average Bonchev–Trinajstić information content (AvgIpc) is 2.91. The molecule has 2 rings (SSSR count). The Hall–Kier alpha value is -2.11. The molecule has 0 atom stereocenters. The van der Waals surface area contributed by atoms with Crippen LogP contribution in [0.15, 0.2) is 18.2 Å². The van der Waals surface area contributed by atoms with Crippen LogP contribution >= 0.6 is 0 Å². The summed E-state index contributed by atoms with van der Waals surface area (Å²) >= 11 is 0. The number of ether oxygens (including phenoxy) is 2. The smallest absolute Gasteiger partial charge is 0.338 e. The van der Waals surface area contributed by atoms with Crippen LogP contribution in [0, 0.1) is 10.1 Å². The summed E-state index contributed by atoms with van der Waals surface area (Å²) in [4.78, 5) is 21.8. The van der Waals surface area contributed by atoms with Gasteiger partial charge in [-0.3, -0.25) is 10.1 Å². The van der Waals surface area contributed by atoms with Crippen molar-refractivity contribution in [2.75, 3.05) is 7.11 Å². The van der Waals surface area contributed by atoms with Gasteiger partial charge in [0.15, 0.2) is 5.75 Å². The second-order valence-electron chi connectivity index (χ2n) is 4.46. The van der Waals surface area contributed by atoms with E-state index in [0.717, 1.165) is 25.7 Å². The minimum absolute atomic E-state index is 0.0303. The first-order valence-electron chi connectivity index (χ1n) is 6.15. The number of carbonyl (C=O) groups excluding carboxylic acids is 1. The molecule has 1 aliphatic carbocycles. The van der Waals surface area contributed by atoms with Gasteiger partial charge in [0.2, 0.25) is 0 Å². The van der Waals surface area contributed by atoms with Crippen LogP contribution in [0.25, 0.3) is 0 Å². The molecular weight excluding hydrogens is 250 g/mol. The number of benzene rings is 1. The van der Waals surface area contributed by atoms with Gasteiger partial charge in [-0.05, 0) is 37.8 Å². The maximum atomic E-state index is 11.4. The Morgan fingerprint density at radius 2 is 2.05 bits per heavy atom. The van der Waals surface area contributed by atoms with Gasteiger partial charge < -0.3 is 9.47 Å². The van der Waals surface area contributed by atoms with E-state index in [1.54, 1.807) is 0 Å². The largest absolute Gasteiger partial charge is 0.484 e. The van der Waals surface area contributed by atoms with Crippen molar-refractivity contribution in [3.63, 3.8) is 0 Å². The van der Waals surface area contributed by atoms with E-state index in [4.69, 9.17) is 4.74 Å². The lowest BCUT2D eigenvalue weighted by atomic mass is 10.2. The fourth-order valence-corrected chi connectivity index (χ4v) is 2.19. The van der Waals surface area contributed by atoms with Gasteiger partial charge in [-0.1, -0.05) is 0 Å². The van der Waals surface area contributed by atoms with E-state index in [9.17, 15) is 14.9 Å². The summed E-state index contributed by atoms with van der Waals surface area (Å²) in [5, 5.41) is 11.0. The summed E-state index contributed by atoms with van der Waals surface area (Å²) in [5.74, 6) is -0.389. The van der Waals surface area contributed by atoms with Crippen LogP contribution in [0.5, 0.6) is 5.75 Å². The highest BCUT2D eigenvalue weighted by molar-refractivity contribution is 5.90.